The number of carbonyl (C=O) groups is 1. The molecule has 2 aromatic rings. The number of benzene rings is 1. The quantitative estimate of drug-likeness (QED) is 0.901. The summed E-state index contributed by atoms with van der Waals surface area (Å²) in [6.07, 6.45) is 1.58. The van der Waals surface area contributed by atoms with E-state index in [4.69, 9.17) is 4.74 Å². The maximum absolute atomic E-state index is 12.1. The zero-order valence-corrected chi connectivity index (χ0v) is 11.7. The molecule has 0 bridgehead atoms. The summed E-state index contributed by atoms with van der Waals surface area (Å²) < 4.78 is 5.25. The van der Waals surface area contributed by atoms with Crippen LogP contribution in [-0.4, -0.2) is 23.5 Å². The van der Waals surface area contributed by atoms with E-state index in [2.05, 4.69) is 10.3 Å². The molecule has 4 nitrogen and oxygen atoms in total. The summed E-state index contributed by atoms with van der Waals surface area (Å²) >= 11 is 0. The van der Waals surface area contributed by atoms with Crippen molar-refractivity contribution in [2.75, 3.05) is 7.11 Å². The highest BCUT2D eigenvalue weighted by atomic mass is 16.5. The molecular weight excluding hydrogens is 240 g/mol. The van der Waals surface area contributed by atoms with Gasteiger partial charge in [0.25, 0.3) is 5.91 Å². The number of para-hydroxylation sites is 1. The van der Waals surface area contributed by atoms with E-state index in [0.717, 1.165) is 10.9 Å². The number of carbonyl (C=O) groups excluding carboxylic acids is 1. The molecule has 1 amide bonds. The highest BCUT2D eigenvalue weighted by molar-refractivity contribution is 5.98. The number of pyridine rings is 1. The van der Waals surface area contributed by atoms with Crippen LogP contribution >= 0.6 is 0 Å². The van der Waals surface area contributed by atoms with Crippen LogP contribution in [0.4, 0.5) is 0 Å². The molecular formula is C15H18N2O2. The van der Waals surface area contributed by atoms with Gasteiger partial charge in [0, 0.05) is 17.1 Å². The fourth-order valence-corrected chi connectivity index (χ4v) is 1.83. The number of ether oxygens (including phenoxy) is 1. The lowest BCUT2D eigenvalue weighted by Crippen LogP contribution is -2.40. The van der Waals surface area contributed by atoms with Crippen LogP contribution < -0.4 is 10.1 Å². The third kappa shape index (κ3) is 3.02. The van der Waals surface area contributed by atoms with Crippen molar-refractivity contribution in [3.8, 4) is 5.75 Å². The molecule has 0 radical (unpaired) electrons. The molecule has 0 saturated heterocycles. The highest BCUT2D eigenvalue weighted by Crippen LogP contribution is 2.23. The van der Waals surface area contributed by atoms with Gasteiger partial charge < -0.3 is 10.1 Å². The van der Waals surface area contributed by atoms with Gasteiger partial charge in [-0.15, -0.1) is 0 Å². The smallest absolute Gasteiger partial charge is 0.253 e. The van der Waals surface area contributed by atoms with Gasteiger partial charge in [0.1, 0.15) is 11.3 Å². The van der Waals surface area contributed by atoms with Crippen molar-refractivity contribution in [2.24, 2.45) is 0 Å². The second-order valence-electron chi connectivity index (χ2n) is 5.46. The van der Waals surface area contributed by atoms with E-state index in [1.165, 1.54) is 0 Å². The minimum atomic E-state index is -0.263. The molecule has 0 aliphatic carbocycles. The lowest BCUT2D eigenvalue weighted by atomic mass is 10.1. The van der Waals surface area contributed by atoms with Crippen molar-refractivity contribution in [3.05, 3.63) is 36.0 Å². The van der Waals surface area contributed by atoms with Gasteiger partial charge >= 0.3 is 0 Å². The minimum Gasteiger partial charge on any atom is -0.494 e. The number of rotatable bonds is 2. The third-order valence-corrected chi connectivity index (χ3v) is 2.64. The number of methoxy groups -OCH3 is 1. The minimum absolute atomic E-state index is 0.121. The highest BCUT2D eigenvalue weighted by Gasteiger charge is 2.16. The van der Waals surface area contributed by atoms with Crippen molar-refractivity contribution in [3.63, 3.8) is 0 Å². The zero-order chi connectivity index (χ0) is 14.0. The first-order valence-electron chi connectivity index (χ1n) is 6.16. The molecule has 1 aromatic heterocycles. The Labute approximate surface area is 112 Å². The normalized spacial score (nSPS) is 11.4. The number of nitrogens with one attached hydrogen (secondary N) is 1. The van der Waals surface area contributed by atoms with Crippen molar-refractivity contribution in [1.82, 2.24) is 10.3 Å². The lowest BCUT2D eigenvalue weighted by molar-refractivity contribution is 0.0919. The molecule has 0 atom stereocenters. The topological polar surface area (TPSA) is 51.2 Å². The van der Waals surface area contributed by atoms with Gasteiger partial charge in [-0.05, 0) is 32.9 Å². The van der Waals surface area contributed by atoms with Crippen molar-refractivity contribution < 1.29 is 9.53 Å². The van der Waals surface area contributed by atoms with Crippen LogP contribution in [0.25, 0.3) is 10.9 Å². The fourth-order valence-electron chi connectivity index (χ4n) is 1.83. The molecule has 0 unspecified atom stereocenters. The lowest BCUT2D eigenvalue weighted by Gasteiger charge is -2.20. The predicted octanol–water partition coefficient (Wildman–Crippen LogP) is 2.77. The van der Waals surface area contributed by atoms with E-state index in [-0.39, 0.29) is 11.4 Å². The molecule has 1 aromatic carbocycles. The van der Waals surface area contributed by atoms with Gasteiger partial charge in [0.15, 0.2) is 0 Å². The Morgan fingerprint density at radius 3 is 2.68 bits per heavy atom. The zero-order valence-electron chi connectivity index (χ0n) is 11.7. The molecule has 4 heteroatoms. The Bertz CT molecular complexity index is 615. The van der Waals surface area contributed by atoms with Gasteiger partial charge in [-0.25, -0.2) is 0 Å². The summed E-state index contributed by atoms with van der Waals surface area (Å²) in [7, 11) is 1.61. The first kappa shape index (κ1) is 13.3. The first-order chi connectivity index (χ1) is 8.90. The maximum atomic E-state index is 12.1. The van der Waals surface area contributed by atoms with Crippen LogP contribution in [0.15, 0.2) is 30.5 Å². The van der Waals surface area contributed by atoms with E-state index in [1.807, 2.05) is 45.0 Å². The van der Waals surface area contributed by atoms with E-state index >= 15 is 0 Å². The van der Waals surface area contributed by atoms with Gasteiger partial charge in [-0.1, -0.05) is 12.1 Å². The van der Waals surface area contributed by atoms with Gasteiger partial charge in [0.2, 0.25) is 0 Å². The van der Waals surface area contributed by atoms with Gasteiger partial charge in [-0.2, -0.15) is 0 Å². The van der Waals surface area contributed by atoms with Gasteiger partial charge in [-0.3, -0.25) is 9.78 Å². The Balaban J connectivity index is 2.40. The van der Waals surface area contributed by atoms with Crippen LogP contribution in [0.1, 0.15) is 31.1 Å². The SMILES string of the molecule is COc1cccc2cc(C(=O)NC(C)(C)C)cnc12. The Hall–Kier alpha value is -2.10. The number of hydrogen-bond acceptors (Lipinski definition) is 3. The van der Waals surface area contributed by atoms with Crippen LogP contribution in [0.2, 0.25) is 0 Å². The van der Waals surface area contributed by atoms with E-state index in [9.17, 15) is 4.79 Å². The van der Waals surface area contributed by atoms with Crippen LogP contribution in [0.3, 0.4) is 0 Å². The van der Waals surface area contributed by atoms with Crippen molar-refractivity contribution in [2.45, 2.75) is 26.3 Å². The van der Waals surface area contributed by atoms with Crippen LogP contribution in [0.5, 0.6) is 5.75 Å². The predicted molar refractivity (Wildman–Crippen MR) is 75.5 cm³/mol. The maximum Gasteiger partial charge on any atom is 0.253 e. The van der Waals surface area contributed by atoms with Crippen LogP contribution in [-0.2, 0) is 0 Å². The average molecular weight is 258 g/mol. The summed E-state index contributed by atoms with van der Waals surface area (Å²) in [4.78, 5) is 16.4. The number of hydrogen-bond donors (Lipinski definition) is 1. The first-order valence-corrected chi connectivity index (χ1v) is 6.16. The average Bonchev–Trinajstić information content (AvgIpc) is 2.35. The standard InChI is InChI=1S/C15H18N2O2/c1-15(2,3)17-14(18)11-8-10-6-5-7-12(19-4)13(10)16-9-11/h5-9H,1-4H3,(H,17,18). The van der Waals surface area contributed by atoms with Gasteiger partial charge in [0.05, 0.1) is 12.7 Å². The molecule has 2 rings (SSSR count). The van der Waals surface area contributed by atoms with E-state index in [1.54, 1.807) is 13.3 Å². The summed E-state index contributed by atoms with van der Waals surface area (Å²) in [5.74, 6) is 0.588. The molecule has 100 valence electrons. The van der Waals surface area contributed by atoms with Crippen LogP contribution in [0, 0.1) is 0 Å². The molecule has 0 aliphatic heterocycles. The second-order valence-corrected chi connectivity index (χ2v) is 5.46. The Morgan fingerprint density at radius 1 is 1.32 bits per heavy atom. The fraction of sp³-hybridized carbons (Fsp3) is 0.333. The Morgan fingerprint density at radius 2 is 2.05 bits per heavy atom. The molecule has 1 N–H and O–H groups in total. The number of amides is 1. The molecule has 0 fully saturated rings. The molecule has 0 saturated carbocycles. The van der Waals surface area contributed by atoms with E-state index < -0.39 is 0 Å². The number of nitrogens with zero attached hydrogens (tertiary/aromatic N) is 1. The molecule has 19 heavy (non-hydrogen) atoms. The monoisotopic (exact) mass is 258 g/mol. The van der Waals surface area contributed by atoms with Crippen molar-refractivity contribution >= 4 is 16.8 Å². The number of fused-ring (bicyclic) bond motifs is 1. The summed E-state index contributed by atoms with van der Waals surface area (Å²) in [5.41, 5.74) is 1.05. The molecule has 0 aliphatic rings. The summed E-state index contributed by atoms with van der Waals surface area (Å²) in [6, 6.07) is 7.48. The Kier molecular flexibility index (Phi) is 3.42. The molecule has 1 heterocycles. The number of aromatic nitrogens is 1. The second kappa shape index (κ2) is 4.88. The molecule has 0 spiro atoms. The van der Waals surface area contributed by atoms with E-state index in [0.29, 0.717) is 11.3 Å². The third-order valence-electron chi connectivity index (χ3n) is 2.64. The summed E-state index contributed by atoms with van der Waals surface area (Å²) in [5, 5.41) is 3.81. The summed E-state index contributed by atoms with van der Waals surface area (Å²) in [6.45, 7) is 5.84. The largest absolute Gasteiger partial charge is 0.494 e. The van der Waals surface area contributed by atoms with Crippen molar-refractivity contribution in [1.29, 1.82) is 0 Å².